The Bertz CT molecular complexity index is 1200. The van der Waals surface area contributed by atoms with E-state index < -0.39 is 11.6 Å². The molecule has 4 nitrogen and oxygen atoms in total. The van der Waals surface area contributed by atoms with Gasteiger partial charge in [-0.2, -0.15) is 0 Å². The summed E-state index contributed by atoms with van der Waals surface area (Å²) in [4.78, 5) is 26.7. The fraction of sp³-hybridized carbons (Fsp3) is 0. The lowest BCUT2D eigenvalue weighted by Crippen LogP contribution is -2.27. The van der Waals surface area contributed by atoms with Gasteiger partial charge in [-0.3, -0.25) is 9.36 Å². The van der Waals surface area contributed by atoms with Crippen molar-refractivity contribution in [3.63, 3.8) is 0 Å². The summed E-state index contributed by atoms with van der Waals surface area (Å²) in [5, 5.41) is 0. The van der Waals surface area contributed by atoms with Crippen molar-refractivity contribution in [2.75, 3.05) is 0 Å². The van der Waals surface area contributed by atoms with Gasteiger partial charge >= 0.3 is 5.69 Å². The Morgan fingerprint density at radius 1 is 0.929 bits per heavy atom. The van der Waals surface area contributed by atoms with E-state index in [9.17, 15) is 9.59 Å². The van der Waals surface area contributed by atoms with Crippen molar-refractivity contribution in [3.05, 3.63) is 105 Å². The smallest absolute Gasteiger partial charge is 0.269 e. The summed E-state index contributed by atoms with van der Waals surface area (Å²) in [6.45, 7) is 0. The predicted molar refractivity (Wildman–Crippen MR) is 114 cm³/mol. The summed E-state index contributed by atoms with van der Waals surface area (Å²) >= 11 is 7.39. The Morgan fingerprint density at radius 3 is 2.25 bits per heavy atom. The second-order valence-electron chi connectivity index (χ2n) is 6.02. The summed E-state index contributed by atoms with van der Waals surface area (Å²) < 4.78 is 3.24. The fourth-order valence-electron chi connectivity index (χ4n) is 2.86. The standard InChI is InChI=1S/C22H15ClN2O2S/c23-20-13-12-19(28-20)18-15-24(17-9-5-2-6-10-17)22(27)25(18)21(26)14-11-16-7-3-1-4-8-16/h1-15H/b14-11+. The second-order valence-corrected chi connectivity index (χ2v) is 7.74. The molecule has 0 spiro atoms. The first-order chi connectivity index (χ1) is 13.6. The second kappa shape index (κ2) is 7.84. The van der Waals surface area contributed by atoms with E-state index in [0.717, 1.165) is 10.4 Å². The highest BCUT2D eigenvalue weighted by atomic mass is 35.5. The van der Waals surface area contributed by atoms with Crippen molar-refractivity contribution >= 4 is 34.9 Å². The molecule has 138 valence electrons. The van der Waals surface area contributed by atoms with Crippen molar-refractivity contribution in [3.8, 4) is 16.3 Å². The lowest BCUT2D eigenvalue weighted by Gasteiger charge is -2.01. The zero-order chi connectivity index (χ0) is 19.5. The van der Waals surface area contributed by atoms with Crippen LogP contribution >= 0.6 is 22.9 Å². The summed E-state index contributed by atoms with van der Waals surface area (Å²) in [5.74, 6) is -0.414. The molecule has 0 unspecified atom stereocenters. The number of hydrogen-bond donors (Lipinski definition) is 0. The van der Waals surface area contributed by atoms with Crippen molar-refractivity contribution in [2.45, 2.75) is 0 Å². The summed E-state index contributed by atoms with van der Waals surface area (Å²) in [7, 11) is 0. The maximum absolute atomic E-state index is 13.1. The number of benzene rings is 2. The van der Waals surface area contributed by atoms with Gasteiger partial charge in [-0.1, -0.05) is 60.1 Å². The molecule has 0 atom stereocenters. The monoisotopic (exact) mass is 406 g/mol. The Hall–Kier alpha value is -3.15. The number of rotatable bonds is 4. The van der Waals surface area contributed by atoms with Crippen molar-refractivity contribution in [1.82, 2.24) is 9.13 Å². The maximum Gasteiger partial charge on any atom is 0.340 e. The van der Waals surface area contributed by atoms with Crippen LogP contribution in [0.5, 0.6) is 0 Å². The molecular formula is C22H15ClN2O2S. The minimum Gasteiger partial charge on any atom is -0.269 e. The van der Waals surface area contributed by atoms with Crippen LogP contribution in [0.3, 0.4) is 0 Å². The van der Waals surface area contributed by atoms with Gasteiger partial charge in [-0.25, -0.2) is 9.36 Å². The van der Waals surface area contributed by atoms with Gasteiger partial charge < -0.3 is 0 Å². The highest BCUT2D eigenvalue weighted by Gasteiger charge is 2.19. The van der Waals surface area contributed by atoms with E-state index >= 15 is 0 Å². The largest absolute Gasteiger partial charge is 0.340 e. The maximum atomic E-state index is 13.1. The number of allylic oxidation sites excluding steroid dienone is 1. The molecule has 0 aliphatic rings. The lowest BCUT2D eigenvalue weighted by atomic mass is 10.2. The molecule has 4 aromatic rings. The predicted octanol–water partition coefficient (Wildman–Crippen LogP) is 5.37. The summed E-state index contributed by atoms with van der Waals surface area (Å²) in [6, 6.07) is 22.2. The topological polar surface area (TPSA) is 44.0 Å². The molecule has 2 aromatic heterocycles. The first-order valence-electron chi connectivity index (χ1n) is 8.56. The molecule has 0 amide bonds. The Kier molecular flexibility index (Phi) is 5.10. The third kappa shape index (κ3) is 3.63. The zero-order valence-electron chi connectivity index (χ0n) is 14.7. The highest BCUT2D eigenvalue weighted by Crippen LogP contribution is 2.31. The lowest BCUT2D eigenvalue weighted by molar-refractivity contribution is 0.0967. The molecule has 0 bridgehead atoms. The van der Waals surface area contributed by atoms with Gasteiger partial charge in [0.25, 0.3) is 5.91 Å². The number of carbonyl (C=O) groups excluding carboxylic acids is 1. The number of aromatic nitrogens is 2. The number of para-hydroxylation sites is 1. The number of carbonyl (C=O) groups is 1. The van der Waals surface area contributed by atoms with E-state index in [1.807, 2.05) is 66.7 Å². The van der Waals surface area contributed by atoms with Crippen LogP contribution in [0.1, 0.15) is 10.4 Å². The van der Waals surface area contributed by atoms with E-state index in [-0.39, 0.29) is 0 Å². The molecule has 6 heteroatoms. The molecule has 2 aromatic carbocycles. The Balaban J connectivity index is 1.83. The van der Waals surface area contributed by atoms with Crippen molar-refractivity contribution in [1.29, 1.82) is 0 Å². The minimum absolute atomic E-state index is 0.414. The Morgan fingerprint density at radius 2 is 1.61 bits per heavy atom. The molecule has 0 saturated carbocycles. The third-order valence-corrected chi connectivity index (χ3v) is 5.44. The van der Waals surface area contributed by atoms with E-state index in [1.54, 1.807) is 18.3 Å². The van der Waals surface area contributed by atoms with Crippen LogP contribution in [-0.2, 0) is 0 Å². The van der Waals surface area contributed by atoms with E-state index in [0.29, 0.717) is 15.7 Å². The van der Waals surface area contributed by atoms with E-state index in [1.165, 1.54) is 26.5 Å². The molecule has 0 aliphatic carbocycles. The first kappa shape index (κ1) is 18.2. The average molecular weight is 407 g/mol. The number of imidazole rings is 1. The van der Waals surface area contributed by atoms with Gasteiger partial charge in [0.15, 0.2) is 0 Å². The molecule has 0 aliphatic heterocycles. The number of nitrogens with zero attached hydrogens (tertiary/aromatic N) is 2. The number of hydrogen-bond acceptors (Lipinski definition) is 3. The quantitative estimate of drug-likeness (QED) is 0.427. The molecule has 0 saturated heterocycles. The van der Waals surface area contributed by atoms with Gasteiger partial charge in [0.1, 0.15) is 0 Å². The van der Waals surface area contributed by atoms with Gasteiger partial charge in [0.2, 0.25) is 0 Å². The van der Waals surface area contributed by atoms with E-state index in [2.05, 4.69) is 0 Å². The van der Waals surface area contributed by atoms with Crippen LogP contribution in [0.25, 0.3) is 22.3 Å². The Labute approximate surface area is 170 Å². The molecule has 0 N–H and O–H groups in total. The normalized spacial score (nSPS) is 11.2. The number of thiophene rings is 1. The minimum atomic E-state index is -0.423. The van der Waals surface area contributed by atoms with Crippen LogP contribution in [0.15, 0.2) is 89.9 Å². The van der Waals surface area contributed by atoms with E-state index in [4.69, 9.17) is 11.6 Å². The molecule has 0 radical (unpaired) electrons. The molecule has 28 heavy (non-hydrogen) atoms. The summed E-state index contributed by atoms with van der Waals surface area (Å²) in [5.41, 5.74) is 1.66. The van der Waals surface area contributed by atoms with Crippen LogP contribution in [-0.4, -0.2) is 15.0 Å². The van der Waals surface area contributed by atoms with Crippen LogP contribution in [0.4, 0.5) is 0 Å². The summed E-state index contributed by atoms with van der Waals surface area (Å²) in [6.07, 6.45) is 4.78. The van der Waals surface area contributed by atoms with Gasteiger partial charge in [-0.05, 0) is 35.9 Å². The van der Waals surface area contributed by atoms with Gasteiger partial charge in [0, 0.05) is 12.3 Å². The molecule has 2 heterocycles. The number of halogens is 1. The van der Waals surface area contributed by atoms with Crippen LogP contribution in [0.2, 0.25) is 4.34 Å². The van der Waals surface area contributed by atoms with Gasteiger partial charge in [0.05, 0.1) is 20.6 Å². The van der Waals surface area contributed by atoms with Crippen molar-refractivity contribution < 1.29 is 4.79 Å². The first-order valence-corrected chi connectivity index (χ1v) is 9.76. The van der Waals surface area contributed by atoms with Gasteiger partial charge in [-0.15, -0.1) is 11.3 Å². The fourth-order valence-corrected chi connectivity index (χ4v) is 3.91. The molecular weight excluding hydrogens is 392 g/mol. The SMILES string of the molecule is O=C(/C=C/c1ccccc1)n1c(-c2ccc(Cl)s2)cn(-c2ccccc2)c1=O. The highest BCUT2D eigenvalue weighted by molar-refractivity contribution is 7.19. The third-order valence-electron chi connectivity index (χ3n) is 4.19. The zero-order valence-corrected chi connectivity index (χ0v) is 16.2. The average Bonchev–Trinajstić information content (AvgIpc) is 3.31. The van der Waals surface area contributed by atoms with Crippen molar-refractivity contribution in [2.24, 2.45) is 0 Å². The van der Waals surface area contributed by atoms with Crippen LogP contribution in [0, 0.1) is 0 Å². The molecule has 0 fully saturated rings. The molecule has 4 rings (SSSR count). The van der Waals surface area contributed by atoms with Crippen LogP contribution < -0.4 is 5.69 Å².